The number of benzene rings is 2. The summed E-state index contributed by atoms with van der Waals surface area (Å²) in [5.74, 6) is 0.171. The van der Waals surface area contributed by atoms with E-state index in [4.69, 9.17) is 14.0 Å². The summed E-state index contributed by atoms with van der Waals surface area (Å²) in [5.41, 5.74) is 1.00. The van der Waals surface area contributed by atoms with Crippen molar-refractivity contribution in [3.63, 3.8) is 0 Å². The molecule has 1 N–H and O–H groups in total. The van der Waals surface area contributed by atoms with E-state index in [0.29, 0.717) is 41.6 Å². The maximum atomic E-state index is 13.2. The van der Waals surface area contributed by atoms with Crippen LogP contribution in [0.5, 0.6) is 11.5 Å². The van der Waals surface area contributed by atoms with Gasteiger partial charge in [-0.2, -0.15) is 0 Å². The summed E-state index contributed by atoms with van der Waals surface area (Å²) < 4.78 is 16.5. The van der Waals surface area contributed by atoms with Crippen molar-refractivity contribution in [2.75, 3.05) is 18.1 Å². The maximum Gasteiger partial charge on any atom is 0.301 e. The molecule has 188 valence electrons. The van der Waals surface area contributed by atoms with E-state index in [2.05, 4.69) is 12.1 Å². The van der Waals surface area contributed by atoms with Crippen molar-refractivity contribution in [2.24, 2.45) is 0 Å². The van der Waals surface area contributed by atoms with Gasteiger partial charge in [-0.1, -0.05) is 37.6 Å². The topological polar surface area (TPSA) is 102 Å². The second kappa shape index (κ2) is 11.1. The summed E-state index contributed by atoms with van der Waals surface area (Å²) in [6.45, 7) is 6.98. The van der Waals surface area contributed by atoms with Crippen molar-refractivity contribution in [3.8, 4) is 11.5 Å². The Morgan fingerprint density at radius 3 is 2.19 bits per heavy atom. The molecule has 0 bridgehead atoms. The molecular formula is C28H30N2O6. The van der Waals surface area contributed by atoms with Crippen molar-refractivity contribution < 1.29 is 28.7 Å². The highest BCUT2D eigenvalue weighted by atomic mass is 16.5. The average Bonchev–Trinajstić information content (AvgIpc) is 3.43. The van der Waals surface area contributed by atoms with Crippen LogP contribution in [0.15, 0.2) is 64.7 Å². The maximum absolute atomic E-state index is 13.2. The van der Waals surface area contributed by atoms with Gasteiger partial charge < -0.3 is 19.1 Å². The summed E-state index contributed by atoms with van der Waals surface area (Å²) >= 11 is 0. The van der Waals surface area contributed by atoms with Crippen molar-refractivity contribution in [2.45, 2.75) is 46.1 Å². The number of nitrogens with zero attached hydrogens (tertiary/aromatic N) is 2. The number of hydrogen-bond acceptors (Lipinski definition) is 7. The van der Waals surface area contributed by atoms with Crippen molar-refractivity contribution in [1.82, 2.24) is 5.16 Å². The van der Waals surface area contributed by atoms with Gasteiger partial charge >= 0.3 is 5.91 Å². The molecule has 1 atom stereocenters. The molecule has 4 rings (SSSR count). The summed E-state index contributed by atoms with van der Waals surface area (Å²) in [6.07, 6.45) is 2.83. The molecule has 1 saturated heterocycles. The van der Waals surface area contributed by atoms with E-state index in [0.717, 1.165) is 19.3 Å². The first-order valence-corrected chi connectivity index (χ1v) is 12.1. The smallest absolute Gasteiger partial charge is 0.301 e. The molecule has 0 saturated carbocycles. The molecule has 0 radical (unpaired) electrons. The molecule has 1 amide bonds. The molecule has 8 nitrogen and oxygen atoms in total. The van der Waals surface area contributed by atoms with E-state index in [1.807, 2.05) is 6.92 Å². The van der Waals surface area contributed by atoms with Gasteiger partial charge in [-0.15, -0.1) is 0 Å². The lowest BCUT2D eigenvalue weighted by molar-refractivity contribution is -0.132. The Hall–Kier alpha value is -4.07. The zero-order chi connectivity index (χ0) is 25.7. The Bertz CT molecular complexity index is 1240. The number of amides is 1. The number of Topliss-reactive ketones (excluding diaryl/α,β-unsaturated/α-hetero) is 1. The molecule has 8 heteroatoms. The highest BCUT2D eigenvalue weighted by molar-refractivity contribution is 6.51. The van der Waals surface area contributed by atoms with Crippen LogP contribution in [0.2, 0.25) is 0 Å². The molecule has 2 heterocycles. The number of aliphatic hydroxyl groups is 1. The van der Waals surface area contributed by atoms with Gasteiger partial charge in [-0.25, -0.2) is 0 Å². The summed E-state index contributed by atoms with van der Waals surface area (Å²) in [7, 11) is 0. The number of hydrogen-bond donors (Lipinski definition) is 1. The quantitative estimate of drug-likeness (QED) is 0.171. The van der Waals surface area contributed by atoms with Crippen LogP contribution in [0.3, 0.4) is 0 Å². The van der Waals surface area contributed by atoms with E-state index >= 15 is 0 Å². The Balaban J connectivity index is 1.76. The molecule has 1 aliphatic rings. The lowest BCUT2D eigenvalue weighted by Gasteiger charge is -2.23. The van der Waals surface area contributed by atoms with Crippen molar-refractivity contribution in [1.29, 1.82) is 0 Å². The fraction of sp³-hybridized carbons (Fsp3) is 0.321. The summed E-state index contributed by atoms with van der Waals surface area (Å²) in [4.78, 5) is 27.7. The van der Waals surface area contributed by atoms with Crippen LogP contribution in [0, 0.1) is 6.92 Å². The molecule has 0 aliphatic carbocycles. The Kier molecular flexibility index (Phi) is 7.73. The minimum absolute atomic E-state index is 0.0254. The molecule has 2 aromatic carbocycles. The van der Waals surface area contributed by atoms with Gasteiger partial charge in [0.1, 0.15) is 23.0 Å². The number of rotatable bonds is 10. The van der Waals surface area contributed by atoms with Crippen LogP contribution in [-0.2, 0) is 9.59 Å². The molecule has 36 heavy (non-hydrogen) atoms. The highest BCUT2D eigenvalue weighted by Crippen LogP contribution is 2.42. The Labute approximate surface area is 210 Å². The number of ether oxygens (including phenoxy) is 2. The summed E-state index contributed by atoms with van der Waals surface area (Å²) in [5, 5.41) is 15.2. The summed E-state index contributed by atoms with van der Waals surface area (Å²) in [6, 6.07) is 14.6. The molecular weight excluding hydrogens is 460 g/mol. The van der Waals surface area contributed by atoms with Crippen LogP contribution in [-0.4, -0.2) is 35.2 Å². The Morgan fingerprint density at radius 1 is 0.972 bits per heavy atom. The predicted octanol–water partition coefficient (Wildman–Crippen LogP) is 5.58. The third-order valence-electron chi connectivity index (χ3n) is 5.87. The van der Waals surface area contributed by atoms with Gasteiger partial charge in [0.15, 0.2) is 5.82 Å². The minimum atomic E-state index is -0.893. The standard InChI is InChI=1S/C28H30N2O6/c1-4-6-16-35-22-11-7-19(8-12-22)25-24(26(31)20-9-13-21(14-10-20)34-15-5-2)27(32)28(33)30(25)23-17-18(3)36-29-23/h7-14,17,25,31H,4-6,15-16H2,1-3H3/b26-24-. The molecule has 1 aliphatic heterocycles. The third-order valence-corrected chi connectivity index (χ3v) is 5.87. The zero-order valence-corrected chi connectivity index (χ0v) is 20.7. The van der Waals surface area contributed by atoms with Gasteiger partial charge in [0.2, 0.25) is 0 Å². The lowest BCUT2D eigenvalue weighted by atomic mass is 9.95. The van der Waals surface area contributed by atoms with Crippen LogP contribution >= 0.6 is 0 Å². The molecule has 1 aromatic heterocycles. The van der Waals surface area contributed by atoms with E-state index < -0.39 is 17.7 Å². The van der Waals surface area contributed by atoms with Crippen molar-refractivity contribution >= 4 is 23.3 Å². The van der Waals surface area contributed by atoms with Gasteiger partial charge in [0, 0.05) is 11.6 Å². The molecule has 3 aromatic rings. The first-order chi connectivity index (χ1) is 17.4. The average molecular weight is 491 g/mol. The van der Waals surface area contributed by atoms with Gasteiger partial charge in [0.25, 0.3) is 5.78 Å². The van der Waals surface area contributed by atoms with E-state index in [-0.39, 0.29) is 17.2 Å². The van der Waals surface area contributed by atoms with Gasteiger partial charge in [-0.3, -0.25) is 14.5 Å². The number of unbranched alkanes of at least 4 members (excludes halogenated alkanes) is 1. The number of anilines is 1. The Morgan fingerprint density at radius 2 is 1.61 bits per heavy atom. The number of carbonyl (C=O) groups is 2. The fourth-order valence-corrected chi connectivity index (χ4v) is 4.02. The molecule has 1 fully saturated rings. The largest absolute Gasteiger partial charge is 0.507 e. The zero-order valence-electron chi connectivity index (χ0n) is 20.7. The van der Waals surface area contributed by atoms with Crippen molar-refractivity contribution in [3.05, 3.63) is 77.1 Å². The first-order valence-electron chi connectivity index (χ1n) is 12.1. The van der Waals surface area contributed by atoms with E-state index in [1.54, 1.807) is 61.5 Å². The normalized spacial score (nSPS) is 17.0. The van der Waals surface area contributed by atoms with E-state index in [1.165, 1.54) is 4.90 Å². The van der Waals surface area contributed by atoms with Crippen LogP contribution in [0.1, 0.15) is 56.0 Å². The van der Waals surface area contributed by atoms with Crippen LogP contribution in [0.4, 0.5) is 5.82 Å². The van der Waals surface area contributed by atoms with Crippen LogP contribution in [0.25, 0.3) is 5.76 Å². The van der Waals surface area contributed by atoms with E-state index in [9.17, 15) is 14.7 Å². The van der Waals surface area contributed by atoms with Crippen LogP contribution < -0.4 is 14.4 Å². The number of carbonyl (C=O) groups excluding carboxylic acids is 2. The van der Waals surface area contributed by atoms with Gasteiger partial charge in [0.05, 0.1) is 24.8 Å². The second-order valence-corrected chi connectivity index (χ2v) is 8.61. The third kappa shape index (κ3) is 5.12. The number of ketones is 1. The molecule has 0 spiro atoms. The monoisotopic (exact) mass is 490 g/mol. The van der Waals surface area contributed by atoms with Gasteiger partial charge in [-0.05, 0) is 61.7 Å². The predicted molar refractivity (Wildman–Crippen MR) is 135 cm³/mol. The highest BCUT2D eigenvalue weighted by Gasteiger charge is 2.48. The number of aliphatic hydroxyl groups excluding tert-OH is 1. The minimum Gasteiger partial charge on any atom is -0.507 e. The number of aryl methyl sites for hydroxylation is 1. The molecule has 1 unspecified atom stereocenters. The first kappa shape index (κ1) is 25.0. The fourth-order valence-electron chi connectivity index (χ4n) is 4.02. The second-order valence-electron chi connectivity index (χ2n) is 8.61. The lowest BCUT2D eigenvalue weighted by Crippen LogP contribution is -2.29. The number of aromatic nitrogens is 1. The SMILES string of the molecule is CCCCOc1ccc(C2/C(=C(/O)c3ccc(OCCC)cc3)C(=O)C(=O)N2c2cc(C)on2)cc1.